The van der Waals surface area contributed by atoms with E-state index in [1.807, 2.05) is 0 Å². The lowest BCUT2D eigenvalue weighted by atomic mass is 10.1. The molecule has 2 aromatic rings. The van der Waals surface area contributed by atoms with Gasteiger partial charge in [0.05, 0.1) is 0 Å². The molecule has 2 aliphatic rings. The number of benzene rings is 2. The molecule has 0 bridgehead atoms. The number of ether oxygens (including phenoxy) is 3. The molecule has 2 aromatic carbocycles. The Bertz CT molecular complexity index is 861. The molecule has 27 heavy (non-hydrogen) atoms. The number of hydrogen-bond acceptors (Lipinski definition) is 5. The summed E-state index contributed by atoms with van der Waals surface area (Å²) in [5, 5.41) is 5.64. The minimum Gasteiger partial charge on any atom is -0.486 e. The number of fused-ring (bicyclic) bond motifs is 1. The molecule has 2 heterocycles. The third-order valence-electron chi connectivity index (χ3n) is 4.41. The molecule has 2 aliphatic heterocycles. The van der Waals surface area contributed by atoms with Crippen molar-refractivity contribution in [2.24, 2.45) is 0 Å². The molecule has 7 heteroatoms. The van der Waals surface area contributed by atoms with Gasteiger partial charge in [0.1, 0.15) is 19.3 Å². The van der Waals surface area contributed by atoms with Crippen molar-refractivity contribution in [1.29, 1.82) is 0 Å². The smallest absolute Gasteiger partial charge is 0.255 e. The number of carbonyl (C=O) groups excluding carboxylic acids is 2. The van der Waals surface area contributed by atoms with Crippen molar-refractivity contribution >= 4 is 23.2 Å². The lowest BCUT2D eigenvalue weighted by Crippen LogP contribution is -2.27. The topological polar surface area (TPSA) is 85.9 Å². The van der Waals surface area contributed by atoms with Crippen LogP contribution in [0, 0.1) is 0 Å². The number of nitrogens with one attached hydrogen (secondary N) is 2. The zero-order chi connectivity index (χ0) is 18.6. The number of anilines is 2. The van der Waals surface area contributed by atoms with Gasteiger partial charge in [0.15, 0.2) is 11.5 Å². The third-order valence-corrected chi connectivity index (χ3v) is 4.41. The molecule has 1 saturated heterocycles. The highest BCUT2D eigenvalue weighted by Gasteiger charge is 2.23. The van der Waals surface area contributed by atoms with Gasteiger partial charge in [-0.3, -0.25) is 9.59 Å². The van der Waals surface area contributed by atoms with E-state index in [4.69, 9.17) is 14.2 Å². The zero-order valence-electron chi connectivity index (χ0n) is 14.7. The second-order valence-electron chi connectivity index (χ2n) is 6.38. The van der Waals surface area contributed by atoms with E-state index < -0.39 is 6.10 Å². The highest BCUT2D eigenvalue weighted by atomic mass is 16.6. The molecular formula is C20H20N2O5. The first kappa shape index (κ1) is 17.4. The summed E-state index contributed by atoms with van der Waals surface area (Å²) >= 11 is 0. The fourth-order valence-corrected chi connectivity index (χ4v) is 3.07. The molecule has 0 aromatic heterocycles. The van der Waals surface area contributed by atoms with Gasteiger partial charge in [-0.15, -0.1) is 0 Å². The van der Waals surface area contributed by atoms with Crippen LogP contribution >= 0.6 is 0 Å². The van der Waals surface area contributed by atoms with Crippen molar-refractivity contribution in [2.75, 3.05) is 30.5 Å². The van der Waals surface area contributed by atoms with Gasteiger partial charge in [0, 0.05) is 29.6 Å². The Hall–Kier alpha value is -3.06. The van der Waals surface area contributed by atoms with E-state index in [2.05, 4.69) is 10.6 Å². The number of amides is 2. The van der Waals surface area contributed by atoms with Crippen molar-refractivity contribution < 1.29 is 23.8 Å². The molecule has 0 aliphatic carbocycles. The van der Waals surface area contributed by atoms with Crippen molar-refractivity contribution in [3.8, 4) is 11.5 Å². The molecule has 2 N–H and O–H groups in total. The second-order valence-corrected chi connectivity index (χ2v) is 6.38. The van der Waals surface area contributed by atoms with E-state index >= 15 is 0 Å². The summed E-state index contributed by atoms with van der Waals surface area (Å²) in [5.41, 5.74) is 1.61. The predicted octanol–water partition coefficient (Wildman–Crippen LogP) is 2.83. The number of carbonyl (C=O) groups is 2. The monoisotopic (exact) mass is 368 g/mol. The van der Waals surface area contributed by atoms with Crippen LogP contribution in [0.15, 0.2) is 42.5 Å². The summed E-state index contributed by atoms with van der Waals surface area (Å²) in [6, 6.07) is 12.1. The SMILES string of the molecule is O=C(Nc1ccc2c(c1)OCCO2)c1cccc(NC(=O)[C@H]2CCCO2)c1. The molecule has 1 fully saturated rings. The van der Waals surface area contributed by atoms with E-state index in [1.165, 1.54) is 0 Å². The number of rotatable bonds is 4. The molecule has 7 nitrogen and oxygen atoms in total. The van der Waals surface area contributed by atoms with Gasteiger partial charge in [-0.25, -0.2) is 0 Å². The third kappa shape index (κ3) is 4.03. The first-order valence-corrected chi connectivity index (χ1v) is 8.92. The molecule has 0 saturated carbocycles. The molecular weight excluding hydrogens is 348 g/mol. The Morgan fingerprint density at radius 2 is 1.70 bits per heavy atom. The summed E-state index contributed by atoms with van der Waals surface area (Å²) in [4.78, 5) is 24.7. The average molecular weight is 368 g/mol. The fraction of sp³-hybridized carbons (Fsp3) is 0.300. The maximum Gasteiger partial charge on any atom is 0.255 e. The van der Waals surface area contributed by atoms with Crippen molar-refractivity contribution in [2.45, 2.75) is 18.9 Å². The van der Waals surface area contributed by atoms with Crippen molar-refractivity contribution in [1.82, 2.24) is 0 Å². The lowest BCUT2D eigenvalue weighted by Gasteiger charge is -2.19. The summed E-state index contributed by atoms with van der Waals surface area (Å²) in [5.74, 6) is 0.812. The normalized spacial score (nSPS) is 18.0. The Kier molecular flexibility index (Phi) is 4.93. The highest BCUT2D eigenvalue weighted by Crippen LogP contribution is 2.32. The van der Waals surface area contributed by atoms with Gasteiger partial charge in [-0.2, -0.15) is 0 Å². The second kappa shape index (κ2) is 7.67. The Morgan fingerprint density at radius 3 is 2.52 bits per heavy atom. The Balaban J connectivity index is 1.43. The minimum atomic E-state index is -0.416. The van der Waals surface area contributed by atoms with Gasteiger partial charge in [0.2, 0.25) is 0 Å². The average Bonchev–Trinajstić information content (AvgIpc) is 3.23. The maximum atomic E-state index is 12.6. The quantitative estimate of drug-likeness (QED) is 0.867. The molecule has 0 radical (unpaired) electrons. The van der Waals surface area contributed by atoms with E-state index in [0.29, 0.717) is 48.3 Å². The van der Waals surface area contributed by atoms with Gasteiger partial charge < -0.3 is 24.8 Å². The van der Waals surface area contributed by atoms with Crippen molar-refractivity contribution in [3.05, 3.63) is 48.0 Å². The van der Waals surface area contributed by atoms with Crippen LogP contribution < -0.4 is 20.1 Å². The Morgan fingerprint density at radius 1 is 0.889 bits per heavy atom. The minimum absolute atomic E-state index is 0.183. The van der Waals surface area contributed by atoms with E-state index in [-0.39, 0.29) is 11.8 Å². The summed E-state index contributed by atoms with van der Waals surface area (Å²) in [7, 11) is 0. The summed E-state index contributed by atoms with van der Waals surface area (Å²) in [6.07, 6.45) is 1.19. The van der Waals surface area contributed by atoms with Crippen LogP contribution in [0.25, 0.3) is 0 Å². The van der Waals surface area contributed by atoms with Gasteiger partial charge in [-0.1, -0.05) is 6.07 Å². The van der Waals surface area contributed by atoms with Crippen LogP contribution in [-0.2, 0) is 9.53 Å². The van der Waals surface area contributed by atoms with E-state index in [9.17, 15) is 9.59 Å². The largest absolute Gasteiger partial charge is 0.486 e. The van der Waals surface area contributed by atoms with Crippen LogP contribution in [-0.4, -0.2) is 37.7 Å². The van der Waals surface area contributed by atoms with Crippen LogP contribution in [0.2, 0.25) is 0 Å². The van der Waals surface area contributed by atoms with Gasteiger partial charge >= 0.3 is 0 Å². The molecule has 2 amide bonds. The number of hydrogen-bond donors (Lipinski definition) is 2. The summed E-state index contributed by atoms with van der Waals surface area (Å²) < 4.78 is 16.4. The van der Waals surface area contributed by atoms with Crippen LogP contribution in [0.1, 0.15) is 23.2 Å². The molecule has 0 spiro atoms. The standard InChI is InChI=1S/C20H20N2O5/c23-19(21-15-6-7-16-18(12-15)27-10-9-26-16)13-3-1-4-14(11-13)22-20(24)17-5-2-8-25-17/h1,3-4,6-7,11-12,17H,2,5,8-10H2,(H,21,23)(H,22,24)/t17-/m1/s1. The molecule has 0 unspecified atom stereocenters. The first-order valence-electron chi connectivity index (χ1n) is 8.92. The Labute approximate surface area is 156 Å². The van der Waals surface area contributed by atoms with Gasteiger partial charge in [0.25, 0.3) is 11.8 Å². The molecule has 1 atom stereocenters. The van der Waals surface area contributed by atoms with Crippen molar-refractivity contribution in [3.63, 3.8) is 0 Å². The molecule has 140 valence electrons. The lowest BCUT2D eigenvalue weighted by molar-refractivity contribution is -0.124. The van der Waals surface area contributed by atoms with Crippen LogP contribution in [0.5, 0.6) is 11.5 Å². The molecule has 4 rings (SSSR count). The zero-order valence-corrected chi connectivity index (χ0v) is 14.7. The van der Waals surface area contributed by atoms with E-state index in [0.717, 1.165) is 12.8 Å². The van der Waals surface area contributed by atoms with Crippen LogP contribution in [0.4, 0.5) is 11.4 Å². The summed E-state index contributed by atoms with van der Waals surface area (Å²) in [6.45, 7) is 1.61. The fourth-order valence-electron chi connectivity index (χ4n) is 3.07. The van der Waals surface area contributed by atoms with E-state index in [1.54, 1.807) is 42.5 Å². The van der Waals surface area contributed by atoms with Crippen LogP contribution in [0.3, 0.4) is 0 Å². The first-order chi connectivity index (χ1) is 13.2. The predicted molar refractivity (Wildman–Crippen MR) is 99.4 cm³/mol. The van der Waals surface area contributed by atoms with Gasteiger partial charge in [-0.05, 0) is 43.2 Å². The highest BCUT2D eigenvalue weighted by molar-refractivity contribution is 6.05. The maximum absolute atomic E-state index is 12.6.